The second-order valence-electron chi connectivity index (χ2n) is 9.01. The average molecular weight is 537 g/mol. The van der Waals surface area contributed by atoms with Gasteiger partial charge in [0, 0.05) is 12.3 Å². The molecule has 2 aromatic carbocycles. The van der Waals surface area contributed by atoms with E-state index in [1.165, 1.54) is 19.4 Å². The van der Waals surface area contributed by atoms with Gasteiger partial charge in [-0.05, 0) is 18.1 Å². The maximum Gasteiger partial charge on any atom is 0.331 e. The highest BCUT2D eigenvalue weighted by Crippen LogP contribution is 2.27. The average Bonchev–Trinajstić information content (AvgIpc) is 3.00. The summed E-state index contributed by atoms with van der Waals surface area (Å²) in [4.78, 5) is 29.9. The number of hydrogen-bond acceptors (Lipinski definition) is 9. The maximum absolute atomic E-state index is 13.1. The van der Waals surface area contributed by atoms with Crippen molar-refractivity contribution in [2.24, 2.45) is 0 Å². The van der Waals surface area contributed by atoms with Gasteiger partial charge < -0.3 is 34.1 Å². The summed E-state index contributed by atoms with van der Waals surface area (Å²) in [5.41, 5.74) is 1.64. The highest BCUT2D eigenvalue weighted by atomic mass is 16.6. The zero-order valence-electron chi connectivity index (χ0n) is 21.8. The maximum atomic E-state index is 13.1. The van der Waals surface area contributed by atoms with Crippen molar-refractivity contribution in [3.8, 4) is 11.5 Å². The van der Waals surface area contributed by atoms with Crippen molar-refractivity contribution in [1.82, 2.24) is 10.3 Å². The van der Waals surface area contributed by atoms with Gasteiger partial charge in [0.05, 0.1) is 33.5 Å². The number of esters is 1. The molecule has 1 aliphatic heterocycles. The van der Waals surface area contributed by atoms with Crippen molar-refractivity contribution >= 4 is 11.9 Å². The first-order valence-electron chi connectivity index (χ1n) is 12.6. The van der Waals surface area contributed by atoms with Crippen LogP contribution in [0.4, 0.5) is 0 Å². The number of nitrogens with zero attached hydrogens (tertiary/aromatic N) is 1. The standard InChI is InChI=1S/C29H32N2O8/c1-19-27(38-16-21-11-7-4-8-12-21)24(37-15-20-9-5-3-6-10-20)18-36-17-22(29(34)39-19)31-28(33)25-26(32)23(35-2)13-14-30-25/h3-14,19,22,24,27,32H,15-18H2,1-2H3,(H,31,33). The summed E-state index contributed by atoms with van der Waals surface area (Å²) in [7, 11) is 1.36. The van der Waals surface area contributed by atoms with Crippen molar-refractivity contribution in [2.75, 3.05) is 20.3 Å². The zero-order valence-corrected chi connectivity index (χ0v) is 21.8. The fourth-order valence-electron chi connectivity index (χ4n) is 4.12. The van der Waals surface area contributed by atoms with Gasteiger partial charge in [-0.2, -0.15) is 0 Å². The molecule has 1 aliphatic rings. The summed E-state index contributed by atoms with van der Waals surface area (Å²) in [5.74, 6) is -1.85. The molecule has 4 atom stereocenters. The number of carbonyl (C=O) groups excluding carboxylic acids is 2. The van der Waals surface area contributed by atoms with Crippen LogP contribution in [0.1, 0.15) is 28.5 Å². The Morgan fingerprint density at radius 2 is 1.64 bits per heavy atom. The van der Waals surface area contributed by atoms with Gasteiger partial charge in [0.15, 0.2) is 23.2 Å². The fourth-order valence-corrected chi connectivity index (χ4v) is 4.12. The molecule has 10 heteroatoms. The Morgan fingerprint density at radius 3 is 2.28 bits per heavy atom. The molecule has 0 aliphatic carbocycles. The van der Waals surface area contributed by atoms with Crippen LogP contribution in [0.2, 0.25) is 0 Å². The monoisotopic (exact) mass is 536 g/mol. The molecule has 0 saturated carbocycles. The van der Waals surface area contributed by atoms with E-state index in [0.29, 0.717) is 6.61 Å². The van der Waals surface area contributed by atoms with Gasteiger partial charge in [0.1, 0.15) is 18.3 Å². The Labute approximate surface area is 226 Å². The van der Waals surface area contributed by atoms with Crippen molar-refractivity contribution in [2.45, 2.75) is 44.5 Å². The topological polar surface area (TPSA) is 125 Å². The third-order valence-corrected chi connectivity index (χ3v) is 6.20. The minimum absolute atomic E-state index is 0.0777. The number of amides is 1. The smallest absolute Gasteiger partial charge is 0.331 e. The quantitative estimate of drug-likeness (QED) is 0.397. The van der Waals surface area contributed by atoms with Gasteiger partial charge in [-0.3, -0.25) is 4.79 Å². The zero-order chi connectivity index (χ0) is 27.6. The number of benzene rings is 2. The van der Waals surface area contributed by atoms with Crippen LogP contribution in [-0.4, -0.2) is 66.6 Å². The largest absolute Gasteiger partial charge is 0.503 e. The van der Waals surface area contributed by atoms with Crippen molar-refractivity contribution in [3.63, 3.8) is 0 Å². The van der Waals surface area contributed by atoms with Crippen molar-refractivity contribution in [3.05, 3.63) is 89.7 Å². The van der Waals surface area contributed by atoms with Crippen LogP contribution in [0.5, 0.6) is 11.5 Å². The molecule has 0 spiro atoms. The van der Waals surface area contributed by atoms with Crippen LogP contribution in [-0.2, 0) is 37.0 Å². The van der Waals surface area contributed by atoms with E-state index in [0.717, 1.165) is 11.1 Å². The fraction of sp³-hybridized carbons (Fsp3) is 0.345. The molecule has 1 amide bonds. The number of aromatic nitrogens is 1. The van der Waals surface area contributed by atoms with Crippen LogP contribution in [0.25, 0.3) is 0 Å². The van der Waals surface area contributed by atoms with Crippen LogP contribution >= 0.6 is 0 Å². The Morgan fingerprint density at radius 1 is 1.00 bits per heavy atom. The van der Waals surface area contributed by atoms with E-state index in [1.54, 1.807) is 6.92 Å². The van der Waals surface area contributed by atoms with Gasteiger partial charge in [-0.1, -0.05) is 60.7 Å². The molecule has 1 aromatic heterocycles. The normalized spacial score (nSPS) is 21.6. The summed E-state index contributed by atoms with van der Waals surface area (Å²) in [6, 6.07) is 19.6. The first-order valence-corrected chi connectivity index (χ1v) is 12.6. The first kappa shape index (κ1) is 28.0. The van der Waals surface area contributed by atoms with Gasteiger partial charge in [-0.15, -0.1) is 0 Å². The predicted molar refractivity (Wildman–Crippen MR) is 140 cm³/mol. The predicted octanol–water partition coefficient (Wildman–Crippen LogP) is 3.03. The number of aromatic hydroxyl groups is 1. The van der Waals surface area contributed by atoms with Gasteiger partial charge in [0.25, 0.3) is 5.91 Å². The number of hydrogen-bond donors (Lipinski definition) is 2. The van der Waals surface area contributed by atoms with E-state index < -0.39 is 42.0 Å². The van der Waals surface area contributed by atoms with Crippen LogP contribution in [0, 0.1) is 0 Å². The molecule has 1 saturated heterocycles. The third kappa shape index (κ3) is 7.53. The molecule has 4 unspecified atom stereocenters. The van der Waals surface area contributed by atoms with Gasteiger partial charge in [0.2, 0.25) is 0 Å². The van der Waals surface area contributed by atoms with E-state index in [2.05, 4.69) is 10.3 Å². The minimum Gasteiger partial charge on any atom is -0.503 e. The van der Waals surface area contributed by atoms with Crippen molar-refractivity contribution < 1.29 is 38.4 Å². The van der Waals surface area contributed by atoms with E-state index in [1.807, 2.05) is 60.7 Å². The summed E-state index contributed by atoms with van der Waals surface area (Å²) in [5, 5.41) is 12.8. The number of cyclic esters (lactones) is 1. The highest BCUT2D eigenvalue weighted by Gasteiger charge is 2.36. The molecule has 0 bridgehead atoms. The summed E-state index contributed by atoms with van der Waals surface area (Å²) in [6.45, 7) is 2.20. The lowest BCUT2D eigenvalue weighted by atomic mass is 10.1. The van der Waals surface area contributed by atoms with E-state index in [4.69, 9.17) is 23.7 Å². The molecule has 2 heterocycles. The number of nitrogens with one attached hydrogen (secondary N) is 1. The molecule has 39 heavy (non-hydrogen) atoms. The lowest BCUT2D eigenvalue weighted by molar-refractivity contribution is -0.170. The second-order valence-corrected chi connectivity index (χ2v) is 9.01. The number of rotatable bonds is 9. The molecule has 206 valence electrons. The van der Waals surface area contributed by atoms with Crippen LogP contribution in [0.15, 0.2) is 72.9 Å². The summed E-state index contributed by atoms with van der Waals surface area (Å²) in [6.07, 6.45) is -0.644. The molecule has 0 radical (unpaired) electrons. The third-order valence-electron chi connectivity index (χ3n) is 6.20. The number of carbonyl (C=O) groups is 2. The van der Waals surface area contributed by atoms with Crippen molar-refractivity contribution in [1.29, 1.82) is 0 Å². The lowest BCUT2D eigenvalue weighted by Crippen LogP contribution is -2.47. The van der Waals surface area contributed by atoms with Crippen LogP contribution < -0.4 is 10.1 Å². The van der Waals surface area contributed by atoms with E-state index >= 15 is 0 Å². The second kappa shape index (κ2) is 13.7. The Hall–Kier alpha value is -3.99. The van der Waals surface area contributed by atoms with Crippen LogP contribution in [0.3, 0.4) is 0 Å². The van der Waals surface area contributed by atoms with Gasteiger partial charge in [-0.25, -0.2) is 9.78 Å². The molecular formula is C29H32N2O8. The Kier molecular flexibility index (Phi) is 9.85. The highest BCUT2D eigenvalue weighted by molar-refractivity contribution is 5.98. The molecule has 10 nitrogen and oxygen atoms in total. The SMILES string of the molecule is COc1ccnc(C(=O)NC2COCC(OCc3ccccc3)C(OCc3ccccc3)C(C)OC2=O)c1O. The molecule has 4 rings (SSSR count). The number of ether oxygens (including phenoxy) is 5. The number of pyridine rings is 1. The molecule has 1 fully saturated rings. The minimum atomic E-state index is -1.16. The molecule has 3 aromatic rings. The van der Waals surface area contributed by atoms with E-state index in [9.17, 15) is 14.7 Å². The lowest BCUT2D eigenvalue weighted by Gasteiger charge is -2.30. The number of methoxy groups -OCH3 is 1. The summed E-state index contributed by atoms with van der Waals surface area (Å²) >= 11 is 0. The molecule has 2 N–H and O–H groups in total. The Bertz CT molecular complexity index is 1220. The van der Waals surface area contributed by atoms with E-state index in [-0.39, 0.29) is 31.3 Å². The molecular weight excluding hydrogens is 504 g/mol. The first-order chi connectivity index (χ1) is 19.0. The summed E-state index contributed by atoms with van der Waals surface area (Å²) < 4.78 is 29.0. The van der Waals surface area contributed by atoms with Gasteiger partial charge >= 0.3 is 5.97 Å². The Balaban J connectivity index is 1.49.